The number of phenols is 1. The van der Waals surface area contributed by atoms with Gasteiger partial charge < -0.3 is 15.5 Å². The summed E-state index contributed by atoms with van der Waals surface area (Å²) < 4.78 is 0. The maximum atomic E-state index is 11.9. The van der Waals surface area contributed by atoms with Gasteiger partial charge in [-0.05, 0) is 48.4 Å². The molecule has 0 unspecified atom stereocenters. The van der Waals surface area contributed by atoms with E-state index in [4.69, 9.17) is 0 Å². The number of amides is 1. The third kappa shape index (κ3) is 5.22. The number of carbonyl (C=O) groups is 1. The third-order valence-corrected chi connectivity index (χ3v) is 5.08. The number of anilines is 1. The Bertz CT molecular complexity index is 1260. The van der Waals surface area contributed by atoms with Crippen LogP contribution < -0.4 is 5.32 Å². The molecule has 1 amide bonds. The first-order chi connectivity index (χ1) is 16.1. The minimum Gasteiger partial charge on any atom is -0.507 e. The zero-order valence-electron chi connectivity index (χ0n) is 18.2. The quantitative estimate of drug-likeness (QED) is 0.381. The molecule has 4 rings (SSSR count). The van der Waals surface area contributed by atoms with Crippen LogP contribution in [-0.2, 0) is 11.4 Å². The maximum Gasteiger partial charge on any atom is 0.224 e. The van der Waals surface area contributed by atoms with Crippen molar-refractivity contribution in [2.45, 2.75) is 26.4 Å². The van der Waals surface area contributed by atoms with E-state index in [9.17, 15) is 15.0 Å². The number of hydrogen-bond donors (Lipinski definition) is 3. The van der Waals surface area contributed by atoms with Crippen molar-refractivity contribution in [2.24, 2.45) is 0 Å². The predicted molar refractivity (Wildman–Crippen MR) is 127 cm³/mol. The lowest BCUT2D eigenvalue weighted by Crippen LogP contribution is -2.10. The summed E-state index contributed by atoms with van der Waals surface area (Å²) in [6.07, 6.45) is 1.25. The molecular formula is C26H24N4O3. The second kappa shape index (κ2) is 10.0. The van der Waals surface area contributed by atoms with Crippen molar-refractivity contribution < 1.29 is 15.0 Å². The molecule has 0 radical (unpaired) electrons. The average molecular weight is 441 g/mol. The van der Waals surface area contributed by atoms with E-state index in [1.54, 1.807) is 18.2 Å². The Morgan fingerprint density at radius 3 is 1.97 bits per heavy atom. The van der Waals surface area contributed by atoms with Crippen LogP contribution in [0.3, 0.4) is 0 Å². The zero-order valence-corrected chi connectivity index (χ0v) is 18.2. The predicted octanol–water partition coefficient (Wildman–Crippen LogP) is 4.81. The molecule has 1 heterocycles. The lowest BCUT2D eigenvalue weighted by atomic mass is 10.1. The van der Waals surface area contributed by atoms with Crippen molar-refractivity contribution in [3.05, 3.63) is 78.4 Å². The molecule has 0 spiro atoms. The molecule has 0 atom stereocenters. The number of benzene rings is 3. The van der Waals surface area contributed by atoms with Crippen LogP contribution in [-0.4, -0.2) is 31.1 Å². The van der Waals surface area contributed by atoms with Crippen LogP contribution in [0.25, 0.3) is 34.2 Å². The second-order valence-electron chi connectivity index (χ2n) is 7.55. The fourth-order valence-corrected chi connectivity index (χ4v) is 3.33. The van der Waals surface area contributed by atoms with E-state index in [1.165, 1.54) is 0 Å². The van der Waals surface area contributed by atoms with Gasteiger partial charge in [-0.3, -0.25) is 4.79 Å². The standard InChI is InChI=1S/C26H24N4O3/c1-2-5-23(33)27-20-14-12-19(13-15-20)25-28-24(18-10-8-17(16-31)9-11-18)29-26(30-25)21-6-3-4-7-22(21)32/h3-4,6-15,31-32H,2,5,16H2,1H3,(H,27,33). The van der Waals surface area contributed by atoms with Gasteiger partial charge in [-0.1, -0.05) is 43.3 Å². The number of para-hydroxylation sites is 1. The van der Waals surface area contributed by atoms with E-state index in [2.05, 4.69) is 20.3 Å². The number of rotatable bonds is 7. The number of hydrogen-bond acceptors (Lipinski definition) is 6. The highest BCUT2D eigenvalue weighted by Gasteiger charge is 2.14. The largest absolute Gasteiger partial charge is 0.507 e. The molecule has 0 bridgehead atoms. The SMILES string of the molecule is CCCC(=O)Nc1ccc(-c2nc(-c3ccc(CO)cc3)nc(-c3ccccc3O)n2)cc1. The van der Waals surface area contributed by atoms with Gasteiger partial charge >= 0.3 is 0 Å². The smallest absolute Gasteiger partial charge is 0.224 e. The summed E-state index contributed by atoms with van der Waals surface area (Å²) in [6, 6.07) is 21.5. The van der Waals surface area contributed by atoms with Crippen molar-refractivity contribution in [1.82, 2.24) is 15.0 Å². The molecule has 7 heteroatoms. The number of phenolic OH excluding ortho intramolecular Hbond substituents is 1. The van der Waals surface area contributed by atoms with Gasteiger partial charge in [0.1, 0.15) is 5.75 Å². The van der Waals surface area contributed by atoms with Gasteiger partial charge in [-0.2, -0.15) is 0 Å². The van der Waals surface area contributed by atoms with Crippen molar-refractivity contribution >= 4 is 11.6 Å². The first-order valence-corrected chi connectivity index (χ1v) is 10.7. The van der Waals surface area contributed by atoms with Crippen molar-refractivity contribution in [2.75, 3.05) is 5.32 Å². The molecule has 33 heavy (non-hydrogen) atoms. The number of aromatic nitrogens is 3. The second-order valence-corrected chi connectivity index (χ2v) is 7.55. The molecule has 0 aliphatic rings. The van der Waals surface area contributed by atoms with Gasteiger partial charge in [0.25, 0.3) is 0 Å². The molecular weight excluding hydrogens is 416 g/mol. The molecule has 0 aliphatic heterocycles. The summed E-state index contributed by atoms with van der Waals surface area (Å²) in [5, 5.41) is 22.5. The van der Waals surface area contributed by atoms with E-state index >= 15 is 0 Å². The number of aliphatic hydroxyl groups excluding tert-OH is 1. The minimum absolute atomic E-state index is 0.0270. The zero-order chi connectivity index (χ0) is 23.2. The fourth-order valence-electron chi connectivity index (χ4n) is 3.33. The lowest BCUT2D eigenvalue weighted by molar-refractivity contribution is -0.116. The minimum atomic E-state index is -0.0486. The molecule has 3 N–H and O–H groups in total. The van der Waals surface area contributed by atoms with E-state index < -0.39 is 0 Å². The van der Waals surface area contributed by atoms with Gasteiger partial charge in [0, 0.05) is 23.2 Å². The van der Waals surface area contributed by atoms with Crippen molar-refractivity contribution in [3.63, 3.8) is 0 Å². The van der Waals surface area contributed by atoms with Crippen LogP contribution in [0.4, 0.5) is 5.69 Å². The molecule has 1 aromatic heterocycles. The molecule has 0 fully saturated rings. The average Bonchev–Trinajstić information content (AvgIpc) is 2.85. The monoisotopic (exact) mass is 440 g/mol. The Kier molecular flexibility index (Phi) is 6.71. The molecule has 0 aliphatic carbocycles. The Morgan fingerprint density at radius 2 is 1.39 bits per heavy atom. The Labute approximate surface area is 191 Å². The molecule has 0 saturated heterocycles. The first kappa shape index (κ1) is 22.1. The number of carbonyl (C=O) groups excluding carboxylic acids is 1. The van der Waals surface area contributed by atoms with E-state index in [-0.39, 0.29) is 18.3 Å². The van der Waals surface area contributed by atoms with E-state index in [0.717, 1.165) is 23.1 Å². The Hall–Kier alpha value is -4.10. The number of nitrogens with one attached hydrogen (secondary N) is 1. The van der Waals surface area contributed by atoms with Crippen LogP contribution in [0, 0.1) is 0 Å². The highest BCUT2D eigenvalue weighted by Crippen LogP contribution is 2.30. The summed E-state index contributed by atoms with van der Waals surface area (Å²) in [4.78, 5) is 25.7. The summed E-state index contributed by atoms with van der Waals surface area (Å²) in [5.41, 5.74) is 3.49. The van der Waals surface area contributed by atoms with Crippen molar-refractivity contribution in [1.29, 1.82) is 0 Å². The Morgan fingerprint density at radius 1 is 0.818 bits per heavy atom. The van der Waals surface area contributed by atoms with Crippen LogP contribution in [0.1, 0.15) is 25.3 Å². The van der Waals surface area contributed by atoms with Crippen molar-refractivity contribution in [3.8, 4) is 39.9 Å². The van der Waals surface area contributed by atoms with Gasteiger partial charge in [0.05, 0.1) is 12.2 Å². The fraction of sp³-hybridized carbons (Fsp3) is 0.154. The van der Waals surface area contributed by atoms with Gasteiger partial charge in [-0.25, -0.2) is 15.0 Å². The van der Waals surface area contributed by atoms with Gasteiger partial charge in [0.2, 0.25) is 5.91 Å². The van der Waals surface area contributed by atoms with Gasteiger partial charge in [0.15, 0.2) is 17.5 Å². The van der Waals surface area contributed by atoms with Gasteiger partial charge in [-0.15, -0.1) is 0 Å². The number of aliphatic hydroxyl groups is 1. The Balaban J connectivity index is 1.76. The van der Waals surface area contributed by atoms with Crippen LogP contribution in [0.15, 0.2) is 72.8 Å². The summed E-state index contributed by atoms with van der Waals surface area (Å²) in [7, 11) is 0. The summed E-state index contributed by atoms with van der Waals surface area (Å²) >= 11 is 0. The maximum absolute atomic E-state index is 11.9. The topological polar surface area (TPSA) is 108 Å². The summed E-state index contributed by atoms with van der Waals surface area (Å²) in [5.74, 6) is 1.28. The number of nitrogens with zero attached hydrogens (tertiary/aromatic N) is 3. The van der Waals surface area contributed by atoms with Crippen LogP contribution in [0.2, 0.25) is 0 Å². The van der Waals surface area contributed by atoms with Crippen LogP contribution in [0.5, 0.6) is 5.75 Å². The number of aromatic hydroxyl groups is 1. The molecule has 4 aromatic rings. The highest BCUT2D eigenvalue weighted by atomic mass is 16.3. The molecule has 0 saturated carbocycles. The highest BCUT2D eigenvalue weighted by molar-refractivity contribution is 5.90. The molecule has 3 aromatic carbocycles. The van der Waals surface area contributed by atoms with Crippen LogP contribution >= 0.6 is 0 Å². The van der Waals surface area contributed by atoms with E-state index in [0.29, 0.717) is 35.1 Å². The third-order valence-electron chi connectivity index (χ3n) is 5.08. The van der Waals surface area contributed by atoms with E-state index in [1.807, 2.05) is 61.5 Å². The normalized spacial score (nSPS) is 10.7. The molecule has 7 nitrogen and oxygen atoms in total. The summed E-state index contributed by atoms with van der Waals surface area (Å²) in [6.45, 7) is 1.91. The first-order valence-electron chi connectivity index (χ1n) is 10.7. The lowest BCUT2D eigenvalue weighted by Gasteiger charge is -2.10. The molecule has 166 valence electrons.